The second-order valence-corrected chi connectivity index (χ2v) is 8.87. The summed E-state index contributed by atoms with van der Waals surface area (Å²) < 4.78 is 5.84. The second kappa shape index (κ2) is 8.74. The molecule has 1 heterocycles. The van der Waals surface area contributed by atoms with Crippen molar-refractivity contribution in [3.8, 4) is 0 Å². The van der Waals surface area contributed by atoms with Crippen LogP contribution in [0.15, 0.2) is 24.3 Å². The predicted molar refractivity (Wildman–Crippen MR) is 114 cm³/mol. The number of halogens is 1. The number of aromatic amines is 1. The van der Waals surface area contributed by atoms with Gasteiger partial charge in [0, 0.05) is 22.7 Å². The maximum atomic E-state index is 12.9. The van der Waals surface area contributed by atoms with Crippen molar-refractivity contribution in [3.63, 3.8) is 0 Å². The molecule has 29 heavy (non-hydrogen) atoms. The van der Waals surface area contributed by atoms with Gasteiger partial charge in [0.15, 0.2) is 5.78 Å². The van der Waals surface area contributed by atoms with E-state index in [0.29, 0.717) is 29.1 Å². The zero-order valence-electron chi connectivity index (χ0n) is 16.9. The van der Waals surface area contributed by atoms with E-state index in [-0.39, 0.29) is 23.8 Å². The normalized spacial score (nSPS) is 20.6. The first-order valence-corrected chi connectivity index (χ1v) is 11.1. The SMILES string of the molecule is Cc1c(C(=O)OC2CCCCCCC2)[nH]c2c1C(=O)CC(c1ccc(Cl)cc1)C2. The van der Waals surface area contributed by atoms with Crippen LogP contribution in [0, 0.1) is 6.92 Å². The molecule has 2 aromatic rings. The summed E-state index contributed by atoms with van der Waals surface area (Å²) in [7, 11) is 0. The van der Waals surface area contributed by atoms with Crippen LogP contribution in [0.25, 0.3) is 0 Å². The van der Waals surface area contributed by atoms with Crippen molar-refractivity contribution >= 4 is 23.4 Å². The highest BCUT2D eigenvalue weighted by Crippen LogP contribution is 2.35. The predicted octanol–water partition coefficient (Wildman–Crippen LogP) is 6.16. The fourth-order valence-electron chi connectivity index (χ4n) is 4.76. The van der Waals surface area contributed by atoms with E-state index < -0.39 is 0 Å². The van der Waals surface area contributed by atoms with Crippen molar-refractivity contribution in [2.24, 2.45) is 0 Å². The second-order valence-electron chi connectivity index (χ2n) is 8.43. The first-order chi connectivity index (χ1) is 14.0. The van der Waals surface area contributed by atoms with Crippen LogP contribution < -0.4 is 0 Å². The van der Waals surface area contributed by atoms with Gasteiger partial charge in [0.1, 0.15) is 11.8 Å². The molecular weight excluding hydrogens is 386 g/mol. The fourth-order valence-corrected chi connectivity index (χ4v) is 4.88. The van der Waals surface area contributed by atoms with Gasteiger partial charge in [-0.2, -0.15) is 0 Å². The van der Waals surface area contributed by atoms with Crippen LogP contribution in [-0.2, 0) is 11.2 Å². The molecule has 5 heteroatoms. The minimum atomic E-state index is -0.321. The number of aromatic nitrogens is 1. The molecule has 0 radical (unpaired) electrons. The summed E-state index contributed by atoms with van der Waals surface area (Å²) in [5.74, 6) is -0.136. The van der Waals surface area contributed by atoms with Crippen molar-refractivity contribution in [1.82, 2.24) is 4.98 Å². The summed E-state index contributed by atoms with van der Waals surface area (Å²) in [6.07, 6.45) is 8.93. The van der Waals surface area contributed by atoms with Gasteiger partial charge < -0.3 is 9.72 Å². The van der Waals surface area contributed by atoms with Crippen molar-refractivity contribution < 1.29 is 14.3 Å². The van der Waals surface area contributed by atoms with Gasteiger partial charge in [0.25, 0.3) is 0 Å². The lowest BCUT2D eigenvalue weighted by molar-refractivity contribution is 0.0232. The summed E-state index contributed by atoms with van der Waals surface area (Å²) in [5, 5.41) is 0.687. The molecule has 1 atom stereocenters. The lowest BCUT2D eigenvalue weighted by Crippen LogP contribution is -2.20. The first kappa shape index (κ1) is 20.2. The van der Waals surface area contributed by atoms with E-state index in [9.17, 15) is 9.59 Å². The Balaban J connectivity index is 1.52. The van der Waals surface area contributed by atoms with Gasteiger partial charge in [0.2, 0.25) is 0 Å². The van der Waals surface area contributed by atoms with Crippen LogP contribution in [0.1, 0.15) is 95.0 Å². The number of H-pyrrole nitrogens is 1. The quantitative estimate of drug-likeness (QED) is 0.613. The maximum absolute atomic E-state index is 12.9. The monoisotopic (exact) mass is 413 g/mol. The largest absolute Gasteiger partial charge is 0.458 e. The van der Waals surface area contributed by atoms with Crippen LogP contribution in [-0.4, -0.2) is 22.8 Å². The van der Waals surface area contributed by atoms with Crippen molar-refractivity contribution in [3.05, 3.63) is 57.4 Å². The lowest BCUT2D eigenvalue weighted by Gasteiger charge is -2.22. The summed E-state index contributed by atoms with van der Waals surface area (Å²) in [5.41, 5.74) is 3.81. The highest BCUT2D eigenvalue weighted by molar-refractivity contribution is 6.30. The van der Waals surface area contributed by atoms with E-state index in [2.05, 4.69) is 4.98 Å². The Labute approximate surface area is 177 Å². The third-order valence-corrected chi connectivity index (χ3v) is 6.61. The number of rotatable bonds is 3. The highest BCUT2D eigenvalue weighted by atomic mass is 35.5. The zero-order chi connectivity index (χ0) is 20.4. The number of Topliss-reactive ketones (excluding diaryl/α,β-unsaturated/α-hetero) is 1. The van der Waals surface area contributed by atoms with Crippen LogP contribution in [0.3, 0.4) is 0 Å². The van der Waals surface area contributed by atoms with Gasteiger partial charge in [-0.05, 0) is 68.2 Å². The summed E-state index contributed by atoms with van der Waals surface area (Å²) in [6.45, 7) is 1.85. The Kier molecular flexibility index (Phi) is 6.09. The van der Waals surface area contributed by atoms with E-state index in [1.54, 1.807) is 0 Å². The average molecular weight is 414 g/mol. The lowest BCUT2D eigenvalue weighted by atomic mass is 9.81. The molecule has 4 rings (SSSR count). The van der Waals surface area contributed by atoms with E-state index in [1.807, 2.05) is 31.2 Å². The fraction of sp³-hybridized carbons (Fsp3) is 0.500. The average Bonchev–Trinajstić information content (AvgIpc) is 3.01. The van der Waals surface area contributed by atoms with Crippen molar-refractivity contribution in [2.45, 2.75) is 76.7 Å². The number of fused-ring (bicyclic) bond motifs is 1. The minimum Gasteiger partial charge on any atom is -0.458 e. The number of ketones is 1. The molecule has 1 N–H and O–H groups in total. The van der Waals surface area contributed by atoms with Crippen LogP contribution in [0.5, 0.6) is 0 Å². The Hall–Kier alpha value is -2.07. The molecule has 2 aliphatic carbocycles. The van der Waals surface area contributed by atoms with Gasteiger partial charge >= 0.3 is 5.97 Å². The Morgan fingerprint density at radius 2 is 1.69 bits per heavy atom. The van der Waals surface area contributed by atoms with Gasteiger partial charge in [0.05, 0.1) is 0 Å². The number of carbonyl (C=O) groups is 2. The molecule has 0 bridgehead atoms. The summed E-state index contributed by atoms with van der Waals surface area (Å²) in [4.78, 5) is 29.0. The number of hydrogen-bond acceptors (Lipinski definition) is 3. The Morgan fingerprint density at radius 3 is 2.38 bits per heavy atom. The number of hydrogen-bond donors (Lipinski definition) is 1. The minimum absolute atomic E-state index is 0.0138. The number of carbonyl (C=O) groups excluding carboxylic acids is 2. The van der Waals surface area contributed by atoms with Crippen LogP contribution in [0.2, 0.25) is 5.02 Å². The van der Waals surface area contributed by atoms with E-state index in [1.165, 1.54) is 19.3 Å². The topological polar surface area (TPSA) is 59.2 Å². The smallest absolute Gasteiger partial charge is 0.355 e. The molecule has 1 aromatic carbocycles. The molecule has 2 aliphatic rings. The molecule has 0 saturated heterocycles. The third kappa shape index (κ3) is 4.42. The number of esters is 1. The Bertz CT molecular complexity index is 892. The summed E-state index contributed by atoms with van der Waals surface area (Å²) >= 11 is 5.99. The van der Waals surface area contributed by atoms with Crippen LogP contribution >= 0.6 is 11.6 Å². The molecule has 1 aromatic heterocycles. The van der Waals surface area contributed by atoms with Gasteiger partial charge in [-0.3, -0.25) is 4.79 Å². The molecule has 1 saturated carbocycles. The molecule has 0 spiro atoms. The number of nitrogens with one attached hydrogen (secondary N) is 1. The summed E-state index contributed by atoms with van der Waals surface area (Å²) in [6, 6.07) is 7.67. The standard InChI is InChI=1S/C24H28ClNO3/c1-15-22-20(13-17(14-21(22)27)16-9-11-18(25)12-10-16)26-23(15)24(28)29-19-7-5-3-2-4-6-8-19/h9-12,17,19,26H,2-8,13-14H2,1H3. The molecule has 154 valence electrons. The molecule has 4 nitrogen and oxygen atoms in total. The van der Waals surface area contributed by atoms with Crippen molar-refractivity contribution in [2.75, 3.05) is 0 Å². The molecule has 0 aliphatic heterocycles. The van der Waals surface area contributed by atoms with E-state index >= 15 is 0 Å². The van der Waals surface area contributed by atoms with Gasteiger partial charge in [-0.15, -0.1) is 0 Å². The van der Waals surface area contributed by atoms with Crippen molar-refractivity contribution in [1.29, 1.82) is 0 Å². The molecule has 1 unspecified atom stereocenters. The van der Waals surface area contributed by atoms with Gasteiger partial charge in [-0.1, -0.05) is 43.0 Å². The Morgan fingerprint density at radius 1 is 1.03 bits per heavy atom. The third-order valence-electron chi connectivity index (χ3n) is 6.36. The maximum Gasteiger partial charge on any atom is 0.355 e. The van der Waals surface area contributed by atoms with E-state index in [0.717, 1.165) is 42.5 Å². The molecule has 1 fully saturated rings. The first-order valence-electron chi connectivity index (χ1n) is 10.7. The highest BCUT2D eigenvalue weighted by Gasteiger charge is 2.32. The van der Waals surface area contributed by atoms with Gasteiger partial charge in [-0.25, -0.2) is 4.79 Å². The number of ether oxygens (including phenoxy) is 1. The molecular formula is C24H28ClNO3. The zero-order valence-corrected chi connectivity index (χ0v) is 17.7. The number of benzene rings is 1. The van der Waals surface area contributed by atoms with E-state index in [4.69, 9.17) is 16.3 Å². The van der Waals surface area contributed by atoms with Crippen LogP contribution in [0.4, 0.5) is 0 Å². The molecule has 0 amide bonds.